The first-order valence-electron chi connectivity index (χ1n) is 10.0. The first-order valence-corrected chi connectivity index (χ1v) is 10.0. The minimum atomic E-state index is -0.659. The zero-order valence-electron chi connectivity index (χ0n) is 17.2. The molecule has 0 saturated heterocycles. The van der Waals surface area contributed by atoms with E-state index in [1.807, 2.05) is 68.4 Å². The Morgan fingerprint density at radius 3 is 2.27 bits per heavy atom. The molecule has 0 spiro atoms. The topological polar surface area (TPSA) is 67.4 Å². The Balaban J connectivity index is 1.67. The number of rotatable bonds is 8. The Labute approximate surface area is 177 Å². The number of para-hydroxylation sites is 1. The number of ether oxygens (including phenoxy) is 1. The third-order valence-corrected chi connectivity index (χ3v) is 4.69. The maximum Gasteiger partial charge on any atom is 0.265 e. The van der Waals surface area contributed by atoms with Crippen LogP contribution >= 0.6 is 0 Å². The second kappa shape index (κ2) is 10.3. The molecule has 5 nitrogen and oxygen atoms in total. The predicted molar refractivity (Wildman–Crippen MR) is 119 cm³/mol. The highest BCUT2D eigenvalue weighted by Crippen LogP contribution is 2.19. The van der Waals surface area contributed by atoms with Gasteiger partial charge in [0.15, 0.2) is 6.10 Å². The van der Waals surface area contributed by atoms with Gasteiger partial charge in [0.25, 0.3) is 11.8 Å². The number of carbonyl (C=O) groups is 2. The molecule has 0 radical (unpaired) electrons. The first kappa shape index (κ1) is 21.1. The van der Waals surface area contributed by atoms with E-state index in [-0.39, 0.29) is 11.8 Å². The molecule has 1 atom stereocenters. The maximum atomic E-state index is 12.8. The van der Waals surface area contributed by atoms with Gasteiger partial charge < -0.3 is 15.4 Å². The number of amides is 2. The molecular weight excluding hydrogens is 376 g/mol. The van der Waals surface area contributed by atoms with Crippen LogP contribution in [0.15, 0.2) is 78.9 Å². The summed E-state index contributed by atoms with van der Waals surface area (Å²) in [4.78, 5) is 25.5. The number of anilines is 1. The van der Waals surface area contributed by atoms with Gasteiger partial charge in [-0.25, -0.2) is 0 Å². The summed E-state index contributed by atoms with van der Waals surface area (Å²) in [5, 5.41) is 5.74. The average molecular weight is 402 g/mol. The van der Waals surface area contributed by atoms with Crippen LogP contribution in [0.1, 0.15) is 34.8 Å². The molecule has 0 aromatic heterocycles. The van der Waals surface area contributed by atoms with Crippen LogP contribution in [0.5, 0.6) is 5.75 Å². The van der Waals surface area contributed by atoms with Crippen LogP contribution in [-0.4, -0.2) is 17.9 Å². The molecule has 2 N–H and O–H groups in total. The smallest absolute Gasteiger partial charge is 0.265 e. The summed E-state index contributed by atoms with van der Waals surface area (Å²) < 4.78 is 5.85. The highest BCUT2D eigenvalue weighted by molar-refractivity contribution is 6.04. The second-order valence-electron chi connectivity index (χ2n) is 7.03. The molecule has 0 aliphatic heterocycles. The highest BCUT2D eigenvalue weighted by atomic mass is 16.5. The summed E-state index contributed by atoms with van der Waals surface area (Å²) in [6, 6.07) is 24.2. The van der Waals surface area contributed by atoms with Crippen molar-refractivity contribution in [2.75, 3.05) is 5.32 Å². The Morgan fingerprint density at radius 1 is 0.900 bits per heavy atom. The molecule has 0 heterocycles. The summed E-state index contributed by atoms with van der Waals surface area (Å²) in [5.74, 6) is 0.0973. The third kappa shape index (κ3) is 5.70. The van der Waals surface area contributed by atoms with E-state index in [9.17, 15) is 9.59 Å². The second-order valence-corrected chi connectivity index (χ2v) is 7.03. The fraction of sp³-hybridized carbons (Fsp3) is 0.200. The largest absolute Gasteiger partial charge is 0.481 e. The van der Waals surface area contributed by atoms with Crippen molar-refractivity contribution in [2.45, 2.75) is 32.9 Å². The van der Waals surface area contributed by atoms with E-state index in [1.165, 1.54) is 0 Å². The first-order chi connectivity index (χ1) is 14.6. The Bertz CT molecular complexity index is 985. The molecule has 0 unspecified atom stereocenters. The maximum absolute atomic E-state index is 12.8. The normalized spacial score (nSPS) is 11.4. The lowest BCUT2D eigenvalue weighted by Crippen LogP contribution is -2.33. The van der Waals surface area contributed by atoms with Crippen molar-refractivity contribution in [2.24, 2.45) is 0 Å². The lowest BCUT2D eigenvalue weighted by molar-refractivity contribution is -0.122. The van der Waals surface area contributed by atoms with Gasteiger partial charge >= 0.3 is 0 Å². The van der Waals surface area contributed by atoms with E-state index in [2.05, 4.69) is 10.6 Å². The van der Waals surface area contributed by atoms with E-state index >= 15 is 0 Å². The van der Waals surface area contributed by atoms with Crippen molar-refractivity contribution in [1.82, 2.24) is 5.32 Å². The molecule has 3 aromatic rings. The summed E-state index contributed by atoms with van der Waals surface area (Å²) in [7, 11) is 0. The molecular formula is C25H26N2O3. The lowest BCUT2D eigenvalue weighted by Gasteiger charge is -2.18. The third-order valence-electron chi connectivity index (χ3n) is 4.69. The molecule has 0 aliphatic carbocycles. The number of aryl methyl sites for hydroxylation is 1. The van der Waals surface area contributed by atoms with E-state index in [0.29, 0.717) is 30.0 Å². The molecule has 0 aliphatic rings. The molecule has 5 heteroatoms. The van der Waals surface area contributed by atoms with Crippen LogP contribution in [-0.2, 0) is 11.3 Å². The van der Waals surface area contributed by atoms with Gasteiger partial charge in [0.05, 0.1) is 11.3 Å². The average Bonchev–Trinajstić information content (AvgIpc) is 2.78. The Morgan fingerprint density at radius 2 is 1.57 bits per heavy atom. The summed E-state index contributed by atoms with van der Waals surface area (Å²) in [6.45, 7) is 4.29. The zero-order valence-corrected chi connectivity index (χ0v) is 17.2. The van der Waals surface area contributed by atoms with Crippen molar-refractivity contribution < 1.29 is 14.3 Å². The number of carbonyl (C=O) groups excluding carboxylic acids is 2. The minimum absolute atomic E-state index is 0.248. The van der Waals surface area contributed by atoms with Crippen LogP contribution in [0.2, 0.25) is 0 Å². The fourth-order valence-corrected chi connectivity index (χ4v) is 2.98. The van der Waals surface area contributed by atoms with E-state index in [4.69, 9.17) is 4.74 Å². The standard InChI is InChI=1S/C25H26N2O3/c1-3-23(30-20-15-13-18(2)14-16-20)25(29)27-22-12-8-7-11-21(22)24(28)26-17-19-9-5-4-6-10-19/h4-16,23H,3,17H2,1-2H3,(H,26,28)(H,27,29)/t23-/m0/s1. The van der Waals surface area contributed by atoms with Crippen molar-refractivity contribution >= 4 is 17.5 Å². The number of nitrogens with one attached hydrogen (secondary N) is 2. The summed E-state index contributed by atoms with van der Waals surface area (Å²) in [5.41, 5.74) is 2.99. The molecule has 30 heavy (non-hydrogen) atoms. The monoisotopic (exact) mass is 402 g/mol. The molecule has 2 amide bonds. The fourth-order valence-electron chi connectivity index (χ4n) is 2.98. The quantitative estimate of drug-likeness (QED) is 0.573. The highest BCUT2D eigenvalue weighted by Gasteiger charge is 2.21. The van der Waals surface area contributed by atoms with Gasteiger partial charge in [0.1, 0.15) is 5.75 Å². The summed E-state index contributed by atoms with van der Waals surface area (Å²) >= 11 is 0. The molecule has 154 valence electrons. The Hall–Kier alpha value is -3.60. The van der Waals surface area contributed by atoms with Gasteiger partial charge in [-0.05, 0) is 43.2 Å². The molecule has 3 rings (SSSR count). The number of hydrogen-bond donors (Lipinski definition) is 2. The van der Waals surface area contributed by atoms with Crippen LogP contribution in [0.3, 0.4) is 0 Å². The van der Waals surface area contributed by atoms with Gasteiger partial charge in [-0.1, -0.05) is 67.1 Å². The van der Waals surface area contributed by atoms with Crippen molar-refractivity contribution in [3.63, 3.8) is 0 Å². The predicted octanol–water partition coefficient (Wildman–Crippen LogP) is 4.72. The van der Waals surface area contributed by atoms with E-state index in [0.717, 1.165) is 11.1 Å². The molecule has 0 fully saturated rings. The van der Waals surface area contributed by atoms with Gasteiger partial charge in [-0.15, -0.1) is 0 Å². The van der Waals surface area contributed by atoms with Crippen molar-refractivity contribution in [3.05, 3.63) is 95.6 Å². The lowest BCUT2D eigenvalue weighted by atomic mass is 10.1. The zero-order chi connectivity index (χ0) is 21.3. The molecule has 3 aromatic carbocycles. The van der Waals surface area contributed by atoms with Gasteiger partial charge in [0.2, 0.25) is 0 Å². The van der Waals surface area contributed by atoms with Gasteiger partial charge in [0, 0.05) is 6.54 Å². The van der Waals surface area contributed by atoms with Crippen LogP contribution in [0.4, 0.5) is 5.69 Å². The SMILES string of the molecule is CC[C@H](Oc1ccc(C)cc1)C(=O)Nc1ccccc1C(=O)NCc1ccccc1. The number of benzene rings is 3. The van der Waals surface area contributed by atoms with Crippen molar-refractivity contribution in [1.29, 1.82) is 0 Å². The van der Waals surface area contributed by atoms with Gasteiger partial charge in [-0.2, -0.15) is 0 Å². The number of hydrogen-bond acceptors (Lipinski definition) is 3. The van der Waals surface area contributed by atoms with E-state index < -0.39 is 6.10 Å². The van der Waals surface area contributed by atoms with Crippen molar-refractivity contribution in [3.8, 4) is 5.75 Å². The minimum Gasteiger partial charge on any atom is -0.481 e. The van der Waals surface area contributed by atoms with Crippen LogP contribution < -0.4 is 15.4 Å². The summed E-state index contributed by atoms with van der Waals surface area (Å²) in [6.07, 6.45) is -0.157. The molecule has 0 bridgehead atoms. The van der Waals surface area contributed by atoms with Crippen LogP contribution in [0.25, 0.3) is 0 Å². The van der Waals surface area contributed by atoms with Crippen LogP contribution in [0, 0.1) is 6.92 Å². The van der Waals surface area contributed by atoms with E-state index in [1.54, 1.807) is 24.3 Å². The van der Waals surface area contributed by atoms with Gasteiger partial charge in [-0.3, -0.25) is 9.59 Å². The Kier molecular flexibility index (Phi) is 7.22. The molecule has 0 saturated carbocycles.